The maximum absolute atomic E-state index is 14.6. The van der Waals surface area contributed by atoms with Crippen molar-refractivity contribution in [1.82, 2.24) is 14.7 Å². The van der Waals surface area contributed by atoms with E-state index in [2.05, 4.69) is 26.8 Å². The lowest BCUT2D eigenvalue weighted by Gasteiger charge is -2.32. The van der Waals surface area contributed by atoms with Gasteiger partial charge in [-0.25, -0.2) is 22.2 Å². The van der Waals surface area contributed by atoms with Gasteiger partial charge in [0.15, 0.2) is 21.4 Å². The van der Waals surface area contributed by atoms with E-state index < -0.39 is 32.1 Å². The highest BCUT2D eigenvalue weighted by Crippen LogP contribution is 2.32. The molecule has 1 aliphatic rings. The number of ether oxygens (including phenoxy) is 1. The molecule has 1 aliphatic heterocycles. The van der Waals surface area contributed by atoms with Crippen molar-refractivity contribution in [2.75, 3.05) is 19.7 Å². The first-order valence-corrected chi connectivity index (χ1v) is 12.2. The van der Waals surface area contributed by atoms with Gasteiger partial charge in [0.1, 0.15) is 27.8 Å². The fourth-order valence-electron chi connectivity index (χ4n) is 3.79. The number of halogens is 2. The molecule has 1 aromatic heterocycles. The van der Waals surface area contributed by atoms with Crippen LogP contribution in [0, 0.1) is 17.6 Å². The Morgan fingerprint density at radius 1 is 1.16 bits per heavy atom. The second kappa shape index (κ2) is 9.37. The van der Waals surface area contributed by atoms with E-state index in [0.29, 0.717) is 12.6 Å². The van der Waals surface area contributed by atoms with Crippen molar-refractivity contribution in [3.05, 3.63) is 71.0 Å². The van der Waals surface area contributed by atoms with Gasteiger partial charge in [-0.15, -0.1) is 0 Å². The molecule has 2 heterocycles. The van der Waals surface area contributed by atoms with Gasteiger partial charge in [-0.2, -0.15) is 4.37 Å². The fourth-order valence-corrected chi connectivity index (χ4v) is 5.97. The first-order valence-electron chi connectivity index (χ1n) is 9.80. The number of rotatable bonds is 7. The first-order chi connectivity index (χ1) is 14.9. The van der Waals surface area contributed by atoms with E-state index in [0.717, 1.165) is 30.6 Å². The quantitative estimate of drug-likeness (QED) is 0.575. The molecule has 4 rings (SSSR count). The van der Waals surface area contributed by atoms with Gasteiger partial charge in [0.2, 0.25) is 0 Å². The molecule has 0 radical (unpaired) electrons. The van der Waals surface area contributed by atoms with Gasteiger partial charge in [-0.1, -0.05) is 30.3 Å². The molecule has 2 atom stereocenters. The van der Waals surface area contributed by atoms with Crippen molar-refractivity contribution in [1.29, 1.82) is 0 Å². The molecule has 0 bridgehead atoms. The summed E-state index contributed by atoms with van der Waals surface area (Å²) < 4.78 is 63.5. The number of hydrogen-bond acceptors (Lipinski definition) is 7. The third-order valence-electron chi connectivity index (χ3n) is 5.33. The third kappa shape index (κ3) is 5.08. The van der Waals surface area contributed by atoms with E-state index >= 15 is 0 Å². The summed E-state index contributed by atoms with van der Waals surface area (Å²) in [5.41, 5.74) is 1.18. The Bertz CT molecular complexity index is 1130. The van der Waals surface area contributed by atoms with Gasteiger partial charge < -0.3 is 10.1 Å². The summed E-state index contributed by atoms with van der Waals surface area (Å²) in [7, 11) is -4.11. The zero-order valence-electron chi connectivity index (χ0n) is 16.5. The summed E-state index contributed by atoms with van der Waals surface area (Å²) in [6, 6.07) is 11.5. The molecule has 31 heavy (non-hydrogen) atoms. The van der Waals surface area contributed by atoms with Gasteiger partial charge in [-0.05, 0) is 42.0 Å². The van der Waals surface area contributed by atoms with Crippen LogP contribution >= 0.6 is 11.5 Å². The van der Waals surface area contributed by atoms with Crippen LogP contribution in [-0.4, -0.2) is 37.5 Å². The topological polar surface area (TPSA) is 81.2 Å². The number of nitrogens with zero attached hydrogens (tertiary/aromatic N) is 2. The zero-order chi connectivity index (χ0) is 21.8. The van der Waals surface area contributed by atoms with Crippen molar-refractivity contribution in [3.63, 3.8) is 0 Å². The van der Waals surface area contributed by atoms with Crippen LogP contribution in [0.15, 0.2) is 53.7 Å². The molecule has 10 heteroatoms. The Hall–Kier alpha value is -2.43. The second-order valence-electron chi connectivity index (χ2n) is 7.39. The Balaban J connectivity index is 1.49. The number of hydrogen-bond donors (Lipinski definition) is 1. The highest BCUT2D eigenvalue weighted by Gasteiger charge is 2.28. The molecule has 0 spiro atoms. The fraction of sp³-hybridized carbons (Fsp3) is 0.333. The first kappa shape index (κ1) is 21.8. The average molecular weight is 466 g/mol. The van der Waals surface area contributed by atoms with Crippen LogP contribution in [-0.2, 0) is 15.6 Å². The van der Waals surface area contributed by atoms with Gasteiger partial charge in [0.05, 0.1) is 6.61 Å². The molecule has 1 unspecified atom stereocenters. The molecular formula is C21H21F2N3O3S2. The zero-order valence-corrected chi connectivity index (χ0v) is 18.1. The minimum Gasteiger partial charge on any atom is -0.490 e. The Morgan fingerprint density at radius 3 is 2.71 bits per heavy atom. The Morgan fingerprint density at radius 2 is 1.97 bits per heavy atom. The molecule has 6 nitrogen and oxygen atoms in total. The summed E-state index contributed by atoms with van der Waals surface area (Å²) in [5.74, 6) is -2.51. The minimum atomic E-state index is -4.11. The van der Waals surface area contributed by atoms with Crippen LogP contribution in [0.2, 0.25) is 0 Å². The van der Waals surface area contributed by atoms with Crippen LogP contribution in [0.1, 0.15) is 22.9 Å². The van der Waals surface area contributed by atoms with Gasteiger partial charge in [0, 0.05) is 18.5 Å². The van der Waals surface area contributed by atoms with E-state index in [1.165, 1.54) is 11.9 Å². The lowest BCUT2D eigenvalue weighted by Crippen LogP contribution is -2.38. The number of nitrogens with one attached hydrogen (secondary N) is 1. The smallest absolute Gasteiger partial charge is 0.187 e. The third-order valence-corrected chi connectivity index (χ3v) is 7.81. The molecule has 1 saturated heterocycles. The lowest BCUT2D eigenvalue weighted by molar-refractivity contribution is 0.190. The second-order valence-corrected chi connectivity index (χ2v) is 10.2. The van der Waals surface area contributed by atoms with Crippen LogP contribution < -0.4 is 10.1 Å². The minimum absolute atomic E-state index is 0.0689. The molecule has 0 saturated carbocycles. The monoisotopic (exact) mass is 465 g/mol. The van der Waals surface area contributed by atoms with E-state index in [1.54, 1.807) is 0 Å². The summed E-state index contributed by atoms with van der Waals surface area (Å²) in [5, 5.41) is 3.52. The lowest BCUT2D eigenvalue weighted by atomic mass is 9.81. The van der Waals surface area contributed by atoms with Gasteiger partial charge in [0.25, 0.3) is 0 Å². The summed E-state index contributed by atoms with van der Waals surface area (Å²) in [6.07, 6.45) is 2.13. The molecule has 1 N–H and O–H groups in total. The van der Waals surface area contributed by atoms with Crippen molar-refractivity contribution in [2.45, 2.75) is 23.0 Å². The van der Waals surface area contributed by atoms with Crippen LogP contribution in [0.3, 0.4) is 0 Å². The molecule has 0 amide bonds. The maximum Gasteiger partial charge on any atom is 0.187 e. The van der Waals surface area contributed by atoms with Crippen LogP contribution in [0.25, 0.3) is 0 Å². The molecule has 2 aromatic carbocycles. The van der Waals surface area contributed by atoms with Gasteiger partial charge >= 0.3 is 0 Å². The predicted octanol–water partition coefficient (Wildman–Crippen LogP) is 3.56. The number of aromatic nitrogens is 2. The molecule has 164 valence electrons. The van der Waals surface area contributed by atoms with E-state index in [1.807, 2.05) is 18.2 Å². The molecule has 3 aromatic rings. The summed E-state index contributed by atoms with van der Waals surface area (Å²) >= 11 is 0.893. The number of benzene rings is 2. The van der Waals surface area contributed by atoms with E-state index in [9.17, 15) is 17.2 Å². The van der Waals surface area contributed by atoms with Crippen LogP contribution in [0.4, 0.5) is 8.78 Å². The molecule has 0 aliphatic carbocycles. The SMILES string of the molecule is O=S(=O)(Cc1ncns1)c1cc(F)c(OC[C@@H]2CNCCC2c2ccccc2)cc1F. The van der Waals surface area contributed by atoms with E-state index in [4.69, 9.17) is 4.74 Å². The van der Waals surface area contributed by atoms with Gasteiger partial charge in [-0.3, -0.25) is 0 Å². The van der Waals surface area contributed by atoms with E-state index in [-0.39, 0.29) is 29.2 Å². The Labute approximate surface area is 183 Å². The highest BCUT2D eigenvalue weighted by atomic mass is 32.2. The largest absolute Gasteiger partial charge is 0.490 e. The normalized spacial score (nSPS) is 19.3. The number of piperidine rings is 1. The van der Waals surface area contributed by atoms with Crippen LogP contribution in [0.5, 0.6) is 5.75 Å². The standard InChI is InChI=1S/C21H21F2N3O3S2/c22-17-9-20(31(27,28)12-21-25-13-26-30-21)18(23)8-19(17)29-11-15-10-24-7-6-16(15)14-4-2-1-3-5-14/h1-5,8-9,13,15-16,24H,6-7,10-12H2/t15-,16?/m0/s1. The van der Waals surface area contributed by atoms with Crippen molar-refractivity contribution in [3.8, 4) is 5.75 Å². The highest BCUT2D eigenvalue weighted by molar-refractivity contribution is 7.90. The summed E-state index contributed by atoms with van der Waals surface area (Å²) in [4.78, 5) is 3.08. The van der Waals surface area contributed by atoms with Crippen molar-refractivity contribution >= 4 is 21.4 Å². The molecular weight excluding hydrogens is 444 g/mol. The predicted molar refractivity (Wildman–Crippen MR) is 113 cm³/mol. The van der Waals surface area contributed by atoms with Crippen molar-refractivity contribution < 1.29 is 21.9 Å². The molecule has 1 fully saturated rings. The Kier molecular flexibility index (Phi) is 6.59. The average Bonchev–Trinajstić information content (AvgIpc) is 3.27. The number of sulfone groups is 1. The van der Waals surface area contributed by atoms with Crippen molar-refractivity contribution in [2.24, 2.45) is 5.92 Å². The summed E-state index contributed by atoms with van der Waals surface area (Å²) in [6.45, 7) is 1.75. The maximum atomic E-state index is 14.6.